The van der Waals surface area contributed by atoms with Gasteiger partial charge in [-0.2, -0.15) is 4.98 Å². The largest absolute Gasteiger partial charge is 0.479 e. The fraction of sp³-hybridized carbons (Fsp3) is 0.167. The van der Waals surface area contributed by atoms with Crippen molar-refractivity contribution in [3.63, 3.8) is 0 Å². The minimum absolute atomic E-state index is 0.0710. The predicted molar refractivity (Wildman–Crippen MR) is 77.5 cm³/mol. The predicted octanol–water partition coefficient (Wildman–Crippen LogP) is 3.15. The summed E-state index contributed by atoms with van der Waals surface area (Å²) in [5, 5.41) is 11.7. The molecule has 0 amide bonds. The molecule has 3 aromatic rings. The lowest BCUT2D eigenvalue weighted by Gasteiger charge is -2.12. The lowest BCUT2D eigenvalue weighted by molar-refractivity contribution is 0.176. The van der Waals surface area contributed by atoms with Crippen LogP contribution in [0.2, 0.25) is 10.0 Å². The maximum Gasteiger partial charge on any atom is 0.267 e. The van der Waals surface area contributed by atoms with E-state index >= 15 is 0 Å². The van der Waals surface area contributed by atoms with E-state index in [9.17, 15) is 0 Å². The van der Waals surface area contributed by atoms with Crippen molar-refractivity contribution in [1.82, 2.24) is 20.5 Å². The number of aromatic nitrogens is 4. The smallest absolute Gasteiger partial charge is 0.267 e. The van der Waals surface area contributed by atoms with Gasteiger partial charge in [-0.05, 0) is 35.4 Å². The fourth-order valence-electron chi connectivity index (χ4n) is 1.66. The second kappa shape index (κ2) is 5.82. The van der Waals surface area contributed by atoms with Gasteiger partial charge in [-0.15, -0.1) is 0 Å². The van der Waals surface area contributed by atoms with Crippen LogP contribution in [0.4, 0.5) is 5.82 Å². The second-order valence-electron chi connectivity index (χ2n) is 4.29. The number of benzene rings is 1. The van der Waals surface area contributed by atoms with Crippen LogP contribution in [-0.4, -0.2) is 20.5 Å². The molecule has 10 heteroatoms. The zero-order valence-corrected chi connectivity index (χ0v) is 12.7. The van der Waals surface area contributed by atoms with E-state index in [-0.39, 0.29) is 23.2 Å². The molecule has 22 heavy (non-hydrogen) atoms. The average molecular weight is 342 g/mol. The van der Waals surface area contributed by atoms with E-state index in [1.165, 1.54) is 0 Å². The molecule has 1 atom stereocenters. The molecule has 0 aliphatic carbocycles. The van der Waals surface area contributed by atoms with Gasteiger partial charge >= 0.3 is 0 Å². The van der Waals surface area contributed by atoms with E-state index < -0.39 is 6.10 Å². The van der Waals surface area contributed by atoms with Crippen LogP contribution in [0.5, 0.6) is 5.75 Å². The number of ether oxygens (including phenoxy) is 1. The minimum atomic E-state index is -0.541. The van der Waals surface area contributed by atoms with Gasteiger partial charge in [-0.1, -0.05) is 28.4 Å². The molecule has 0 fully saturated rings. The number of nitrogen functional groups attached to an aromatic ring is 1. The molecule has 2 aromatic heterocycles. The quantitative estimate of drug-likeness (QED) is 0.769. The number of anilines is 1. The van der Waals surface area contributed by atoms with Crippen LogP contribution in [0.3, 0.4) is 0 Å². The standard InChI is InChI=1S/C12H9Cl2N5O3/c1-5(20-8-3-2-6(13)4-7(8)14)12-16-11(19-21-12)9-10(15)18-22-17-9/h2-5H,1H3,(H2,15,18). The Kier molecular flexibility index (Phi) is 3.86. The summed E-state index contributed by atoms with van der Waals surface area (Å²) in [6.07, 6.45) is -0.541. The van der Waals surface area contributed by atoms with Gasteiger partial charge in [-0.3, -0.25) is 0 Å². The summed E-state index contributed by atoms with van der Waals surface area (Å²) in [5.41, 5.74) is 5.77. The third-order valence-electron chi connectivity index (χ3n) is 2.71. The lowest BCUT2D eigenvalue weighted by Crippen LogP contribution is -2.04. The molecule has 114 valence electrons. The van der Waals surface area contributed by atoms with Crippen LogP contribution in [0, 0.1) is 0 Å². The molecule has 3 rings (SSSR count). The van der Waals surface area contributed by atoms with Crippen molar-refractivity contribution in [1.29, 1.82) is 0 Å². The SMILES string of the molecule is CC(Oc1ccc(Cl)cc1Cl)c1nc(-c2nonc2N)no1. The van der Waals surface area contributed by atoms with Gasteiger partial charge in [0.25, 0.3) is 5.89 Å². The van der Waals surface area contributed by atoms with Crippen molar-refractivity contribution in [2.45, 2.75) is 13.0 Å². The number of nitrogens with zero attached hydrogens (tertiary/aromatic N) is 4. The average Bonchev–Trinajstić information content (AvgIpc) is 3.10. The molecule has 2 heterocycles. The molecule has 0 aliphatic rings. The first-order valence-corrected chi connectivity index (χ1v) is 6.84. The third kappa shape index (κ3) is 2.83. The summed E-state index contributed by atoms with van der Waals surface area (Å²) in [4.78, 5) is 4.14. The second-order valence-corrected chi connectivity index (χ2v) is 5.13. The van der Waals surface area contributed by atoms with Crippen LogP contribution in [0.15, 0.2) is 27.4 Å². The first kappa shape index (κ1) is 14.6. The van der Waals surface area contributed by atoms with Crippen molar-refractivity contribution in [2.24, 2.45) is 0 Å². The number of halogens is 2. The monoisotopic (exact) mass is 341 g/mol. The Balaban J connectivity index is 1.80. The number of hydrogen-bond donors (Lipinski definition) is 1. The van der Waals surface area contributed by atoms with Gasteiger partial charge in [0.05, 0.1) is 5.02 Å². The normalized spacial score (nSPS) is 12.3. The van der Waals surface area contributed by atoms with Crippen LogP contribution in [0.25, 0.3) is 11.5 Å². The fourth-order valence-corrected chi connectivity index (χ4v) is 2.11. The molecular weight excluding hydrogens is 333 g/mol. The molecule has 0 saturated carbocycles. The Bertz CT molecular complexity index is 804. The summed E-state index contributed by atoms with van der Waals surface area (Å²) < 4.78 is 15.3. The first-order valence-electron chi connectivity index (χ1n) is 6.08. The molecule has 1 unspecified atom stereocenters. The minimum Gasteiger partial charge on any atom is -0.479 e. The Hall–Kier alpha value is -2.32. The Morgan fingerprint density at radius 2 is 2.05 bits per heavy atom. The highest BCUT2D eigenvalue weighted by Gasteiger charge is 2.21. The Labute approximate surface area is 134 Å². The Morgan fingerprint density at radius 3 is 2.73 bits per heavy atom. The maximum absolute atomic E-state index is 6.04. The van der Waals surface area contributed by atoms with E-state index in [1.807, 2.05) is 0 Å². The van der Waals surface area contributed by atoms with Crippen LogP contribution >= 0.6 is 23.2 Å². The van der Waals surface area contributed by atoms with Gasteiger partial charge < -0.3 is 15.0 Å². The summed E-state index contributed by atoms with van der Waals surface area (Å²) in [7, 11) is 0. The molecule has 2 N–H and O–H groups in total. The van der Waals surface area contributed by atoms with E-state index in [1.54, 1.807) is 25.1 Å². The van der Waals surface area contributed by atoms with E-state index in [4.69, 9.17) is 38.2 Å². The van der Waals surface area contributed by atoms with Crippen LogP contribution in [-0.2, 0) is 0 Å². The number of nitrogens with two attached hydrogens (primary N) is 1. The van der Waals surface area contributed by atoms with Crippen molar-refractivity contribution in [2.75, 3.05) is 5.73 Å². The van der Waals surface area contributed by atoms with Crippen LogP contribution < -0.4 is 10.5 Å². The third-order valence-corrected chi connectivity index (χ3v) is 3.24. The van der Waals surface area contributed by atoms with E-state index in [2.05, 4.69) is 25.1 Å². The summed E-state index contributed by atoms with van der Waals surface area (Å²) in [6.45, 7) is 1.73. The van der Waals surface area contributed by atoms with Gasteiger partial charge in [-0.25, -0.2) is 4.63 Å². The zero-order valence-electron chi connectivity index (χ0n) is 11.2. The van der Waals surface area contributed by atoms with Crippen molar-refractivity contribution < 1.29 is 13.9 Å². The van der Waals surface area contributed by atoms with Gasteiger partial charge in [0.2, 0.25) is 5.82 Å². The molecule has 0 radical (unpaired) electrons. The summed E-state index contributed by atoms with van der Waals surface area (Å²) in [5.74, 6) is 0.900. The van der Waals surface area contributed by atoms with Gasteiger partial charge in [0.1, 0.15) is 5.75 Å². The van der Waals surface area contributed by atoms with Crippen molar-refractivity contribution in [3.8, 4) is 17.3 Å². The maximum atomic E-state index is 6.04. The van der Waals surface area contributed by atoms with Crippen molar-refractivity contribution >= 4 is 29.0 Å². The van der Waals surface area contributed by atoms with Gasteiger partial charge in [0.15, 0.2) is 17.6 Å². The zero-order chi connectivity index (χ0) is 15.7. The highest BCUT2D eigenvalue weighted by atomic mass is 35.5. The molecule has 8 nitrogen and oxygen atoms in total. The van der Waals surface area contributed by atoms with Crippen LogP contribution in [0.1, 0.15) is 18.9 Å². The van der Waals surface area contributed by atoms with E-state index in [0.29, 0.717) is 15.8 Å². The van der Waals surface area contributed by atoms with Crippen molar-refractivity contribution in [3.05, 3.63) is 34.1 Å². The molecule has 0 spiro atoms. The summed E-state index contributed by atoms with van der Waals surface area (Å²) in [6, 6.07) is 4.89. The van der Waals surface area contributed by atoms with E-state index in [0.717, 1.165) is 0 Å². The number of rotatable bonds is 4. The molecule has 0 aliphatic heterocycles. The Morgan fingerprint density at radius 1 is 1.23 bits per heavy atom. The molecular formula is C12H9Cl2N5O3. The highest BCUT2D eigenvalue weighted by Crippen LogP contribution is 2.31. The van der Waals surface area contributed by atoms with Gasteiger partial charge in [0, 0.05) is 5.02 Å². The molecule has 0 saturated heterocycles. The lowest BCUT2D eigenvalue weighted by atomic mass is 10.3. The highest BCUT2D eigenvalue weighted by molar-refractivity contribution is 6.35. The molecule has 0 bridgehead atoms. The topological polar surface area (TPSA) is 113 Å². The first-order chi connectivity index (χ1) is 10.5. The molecule has 1 aromatic carbocycles. The number of hydrogen-bond acceptors (Lipinski definition) is 8. The summed E-state index contributed by atoms with van der Waals surface area (Å²) >= 11 is 11.9.